The van der Waals surface area contributed by atoms with Crippen molar-refractivity contribution < 1.29 is 9.53 Å². The Bertz CT molecular complexity index is 372. The van der Waals surface area contributed by atoms with Crippen LogP contribution in [-0.4, -0.2) is 43.7 Å². The van der Waals surface area contributed by atoms with Crippen molar-refractivity contribution in [3.63, 3.8) is 0 Å². The average Bonchev–Trinajstić information content (AvgIpc) is 2.76. The topological polar surface area (TPSA) is 41.6 Å². The van der Waals surface area contributed by atoms with Gasteiger partial charge in [0.25, 0.3) is 0 Å². The molecule has 0 spiro atoms. The van der Waals surface area contributed by atoms with Gasteiger partial charge < -0.3 is 15.0 Å². The lowest BCUT2D eigenvalue weighted by Crippen LogP contribution is -2.44. The first-order valence-electron chi connectivity index (χ1n) is 5.87. The Morgan fingerprint density at radius 3 is 2.88 bits per heavy atom. The number of carbonyl (C=O) groups is 1. The molecule has 1 aromatic rings. The van der Waals surface area contributed by atoms with E-state index < -0.39 is 0 Å². The SMILES string of the molecule is Cc1ccc(CNCC(=O)N2CCOCC2)s1. The van der Waals surface area contributed by atoms with Crippen LogP contribution in [-0.2, 0) is 16.1 Å². The number of amides is 1. The normalized spacial score (nSPS) is 16.2. The molecule has 5 heteroatoms. The highest BCUT2D eigenvalue weighted by Gasteiger charge is 2.15. The lowest BCUT2D eigenvalue weighted by atomic mass is 10.4. The fourth-order valence-electron chi connectivity index (χ4n) is 1.80. The third kappa shape index (κ3) is 3.80. The molecule has 0 saturated carbocycles. The molecule has 1 aromatic heterocycles. The number of thiophene rings is 1. The van der Waals surface area contributed by atoms with Crippen LogP contribution in [0.5, 0.6) is 0 Å². The van der Waals surface area contributed by atoms with Gasteiger partial charge >= 0.3 is 0 Å². The van der Waals surface area contributed by atoms with E-state index in [1.807, 2.05) is 4.90 Å². The zero-order valence-electron chi connectivity index (χ0n) is 10.1. The van der Waals surface area contributed by atoms with Crippen molar-refractivity contribution in [3.05, 3.63) is 21.9 Å². The molecule has 0 atom stereocenters. The monoisotopic (exact) mass is 254 g/mol. The van der Waals surface area contributed by atoms with Crippen molar-refractivity contribution in [3.8, 4) is 0 Å². The number of carbonyl (C=O) groups excluding carboxylic acids is 1. The number of hydrogen-bond acceptors (Lipinski definition) is 4. The lowest BCUT2D eigenvalue weighted by molar-refractivity contribution is -0.134. The van der Waals surface area contributed by atoms with Gasteiger partial charge in [-0.1, -0.05) is 0 Å². The Hall–Kier alpha value is -0.910. The summed E-state index contributed by atoms with van der Waals surface area (Å²) in [6, 6.07) is 4.21. The summed E-state index contributed by atoms with van der Waals surface area (Å²) in [5.41, 5.74) is 0. The Kier molecular flexibility index (Phi) is 4.53. The highest BCUT2D eigenvalue weighted by atomic mass is 32.1. The van der Waals surface area contributed by atoms with Crippen LogP contribution in [0, 0.1) is 6.92 Å². The Labute approximate surface area is 106 Å². The van der Waals surface area contributed by atoms with Crippen molar-refractivity contribution in [2.75, 3.05) is 32.8 Å². The number of nitrogens with one attached hydrogen (secondary N) is 1. The molecule has 0 aliphatic carbocycles. The van der Waals surface area contributed by atoms with Crippen molar-refractivity contribution in [2.45, 2.75) is 13.5 Å². The molecule has 2 rings (SSSR count). The maximum atomic E-state index is 11.8. The Morgan fingerprint density at radius 1 is 1.47 bits per heavy atom. The van der Waals surface area contributed by atoms with Crippen LogP contribution in [0.15, 0.2) is 12.1 Å². The third-order valence-corrected chi connectivity index (χ3v) is 3.74. The van der Waals surface area contributed by atoms with Crippen molar-refractivity contribution >= 4 is 17.2 Å². The number of nitrogens with zero attached hydrogens (tertiary/aromatic N) is 1. The van der Waals surface area contributed by atoms with Gasteiger partial charge in [-0.3, -0.25) is 4.79 Å². The van der Waals surface area contributed by atoms with Crippen LogP contribution in [0.25, 0.3) is 0 Å². The molecule has 1 fully saturated rings. The number of hydrogen-bond donors (Lipinski definition) is 1. The molecule has 1 saturated heterocycles. The van der Waals surface area contributed by atoms with Crippen LogP contribution in [0.3, 0.4) is 0 Å². The number of morpholine rings is 1. The molecular formula is C12H18N2O2S. The van der Waals surface area contributed by atoms with Gasteiger partial charge in [0.15, 0.2) is 0 Å². The first-order valence-corrected chi connectivity index (χ1v) is 6.69. The van der Waals surface area contributed by atoms with Gasteiger partial charge in [0.1, 0.15) is 0 Å². The average molecular weight is 254 g/mol. The zero-order chi connectivity index (χ0) is 12.1. The highest BCUT2D eigenvalue weighted by molar-refractivity contribution is 7.11. The second-order valence-electron chi connectivity index (χ2n) is 4.11. The Morgan fingerprint density at radius 2 is 2.24 bits per heavy atom. The van der Waals surface area contributed by atoms with Crippen molar-refractivity contribution in [2.24, 2.45) is 0 Å². The maximum Gasteiger partial charge on any atom is 0.236 e. The van der Waals surface area contributed by atoms with E-state index >= 15 is 0 Å². The van der Waals surface area contributed by atoms with Gasteiger partial charge in [-0.05, 0) is 19.1 Å². The molecule has 17 heavy (non-hydrogen) atoms. The predicted octanol–water partition coefficient (Wildman–Crippen LogP) is 1.00. The van der Waals surface area contributed by atoms with Gasteiger partial charge in [-0.15, -0.1) is 11.3 Å². The van der Waals surface area contributed by atoms with E-state index in [0.29, 0.717) is 19.8 Å². The van der Waals surface area contributed by atoms with Crippen molar-refractivity contribution in [1.82, 2.24) is 10.2 Å². The fraction of sp³-hybridized carbons (Fsp3) is 0.583. The van der Waals surface area contributed by atoms with Crippen LogP contribution < -0.4 is 5.32 Å². The van der Waals surface area contributed by atoms with Gasteiger partial charge in [0.05, 0.1) is 19.8 Å². The summed E-state index contributed by atoms with van der Waals surface area (Å²) in [5.74, 6) is 0.168. The van der Waals surface area contributed by atoms with E-state index in [-0.39, 0.29) is 5.91 Å². The third-order valence-electron chi connectivity index (χ3n) is 2.74. The number of ether oxygens (including phenoxy) is 1. The Balaban J connectivity index is 1.69. The highest BCUT2D eigenvalue weighted by Crippen LogP contribution is 2.14. The summed E-state index contributed by atoms with van der Waals surface area (Å²) in [4.78, 5) is 16.2. The minimum atomic E-state index is 0.168. The van der Waals surface area contributed by atoms with Crippen LogP contribution in [0.1, 0.15) is 9.75 Å². The molecule has 2 heterocycles. The van der Waals surface area contributed by atoms with Gasteiger partial charge in [0.2, 0.25) is 5.91 Å². The van der Waals surface area contributed by atoms with E-state index in [1.165, 1.54) is 9.75 Å². The standard InChI is InChI=1S/C12H18N2O2S/c1-10-2-3-11(17-10)8-13-9-12(15)14-4-6-16-7-5-14/h2-3,13H,4-9H2,1H3. The van der Waals surface area contributed by atoms with E-state index in [9.17, 15) is 4.79 Å². The van der Waals surface area contributed by atoms with E-state index in [2.05, 4.69) is 24.4 Å². The summed E-state index contributed by atoms with van der Waals surface area (Å²) in [7, 11) is 0. The quantitative estimate of drug-likeness (QED) is 0.872. The van der Waals surface area contributed by atoms with Crippen LogP contribution in [0.4, 0.5) is 0 Å². The molecule has 4 nitrogen and oxygen atoms in total. The summed E-state index contributed by atoms with van der Waals surface area (Å²) >= 11 is 1.77. The first-order chi connectivity index (χ1) is 8.25. The molecule has 0 bridgehead atoms. The molecule has 94 valence electrons. The molecule has 0 aromatic carbocycles. The van der Waals surface area contributed by atoms with Crippen LogP contribution in [0.2, 0.25) is 0 Å². The minimum Gasteiger partial charge on any atom is -0.378 e. The molecule has 1 aliphatic rings. The van der Waals surface area contributed by atoms with E-state index in [0.717, 1.165) is 19.6 Å². The summed E-state index contributed by atoms with van der Waals surface area (Å²) in [6.07, 6.45) is 0. The van der Waals surface area contributed by atoms with Gasteiger partial charge in [-0.2, -0.15) is 0 Å². The van der Waals surface area contributed by atoms with Crippen molar-refractivity contribution in [1.29, 1.82) is 0 Å². The molecule has 1 amide bonds. The largest absolute Gasteiger partial charge is 0.378 e. The molecule has 0 radical (unpaired) electrons. The summed E-state index contributed by atoms with van der Waals surface area (Å²) in [6.45, 7) is 6.04. The number of rotatable bonds is 4. The second-order valence-corrected chi connectivity index (χ2v) is 5.48. The van der Waals surface area contributed by atoms with Gasteiger partial charge in [-0.25, -0.2) is 0 Å². The predicted molar refractivity (Wildman–Crippen MR) is 68.2 cm³/mol. The fourth-order valence-corrected chi connectivity index (χ4v) is 2.66. The number of aryl methyl sites for hydroxylation is 1. The molecular weight excluding hydrogens is 236 g/mol. The lowest BCUT2D eigenvalue weighted by Gasteiger charge is -2.26. The summed E-state index contributed by atoms with van der Waals surface area (Å²) < 4.78 is 5.21. The minimum absolute atomic E-state index is 0.168. The molecule has 0 unspecified atom stereocenters. The smallest absolute Gasteiger partial charge is 0.236 e. The van der Waals surface area contributed by atoms with E-state index in [4.69, 9.17) is 4.74 Å². The maximum absolute atomic E-state index is 11.8. The summed E-state index contributed by atoms with van der Waals surface area (Å²) in [5, 5.41) is 3.19. The first kappa shape index (κ1) is 12.5. The van der Waals surface area contributed by atoms with Crippen LogP contribution >= 0.6 is 11.3 Å². The van der Waals surface area contributed by atoms with Gasteiger partial charge in [0, 0.05) is 29.4 Å². The second kappa shape index (κ2) is 6.14. The molecule has 1 N–H and O–H groups in total. The van der Waals surface area contributed by atoms with E-state index in [1.54, 1.807) is 11.3 Å². The zero-order valence-corrected chi connectivity index (χ0v) is 10.9. The molecule has 1 aliphatic heterocycles.